The first-order valence-electron chi connectivity index (χ1n) is 14.6. The number of rotatable bonds is 9. The van der Waals surface area contributed by atoms with Gasteiger partial charge in [0.05, 0.1) is 53.0 Å². The molecule has 218 valence electrons. The van der Waals surface area contributed by atoms with Gasteiger partial charge in [-0.2, -0.15) is 15.5 Å². The zero-order valence-corrected chi connectivity index (χ0v) is 24.6. The van der Waals surface area contributed by atoms with Gasteiger partial charge in [-0.05, 0) is 64.6 Å². The van der Waals surface area contributed by atoms with Gasteiger partial charge >= 0.3 is 5.97 Å². The van der Waals surface area contributed by atoms with Crippen molar-refractivity contribution >= 4 is 17.0 Å². The van der Waals surface area contributed by atoms with Crippen LogP contribution in [0.3, 0.4) is 0 Å². The van der Waals surface area contributed by atoms with E-state index in [-0.39, 0.29) is 6.61 Å². The molecule has 0 spiro atoms. The fraction of sp³-hybridized carbons (Fsp3) is 0.105. The first kappa shape index (κ1) is 28.9. The highest BCUT2D eigenvalue weighted by atomic mass is 16.5. The maximum atomic E-state index is 13.5. The van der Waals surface area contributed by atoms with Crippen molar-refractivity contribution in [3.63, 3.8) is 0 Å². The molecule has 0 radical (unpaired) electrons. The number of carbonyl (C=O) groups excluding carboxylic acids is 1. The van der Waals surface area contributed by atoms with Gasteiger partial charge in [0.25, 0.3) is 6.01 Å². The molecule has 0 bridgehead atoms. The molecule has 0 saturated heterocycles. The Balaban J connectivity index is 1.25. The summed E-state index contributed by atoms with van der Waals surface area (Å²) in [6.07, 6.45) is 0. The van der Waals surface area contributed by atoms with Crippen molar-refractivity contribution in [2.45, 2.75) is 20.1 Å². The van der Waals surface area contributed by atoms with E-state index in [0.717, 1.165) is 33.4 Å². The SMILES string of the molecule is CCOc1nc2cccc(C(=O)OCc3ccc(-c4ccccc4C#N)cc3)c2n1Cc1ccc(-c2ccccc2C#N)cc1. The standard InChI is InChI=1S/C38H28N4O3/c1-2-44-38-41-35-13-7-12-34(37(43)45-25-27-16-20-29(21-17-27)33-11-6-4-9-31(33)23-40)36(35)42(38)24-26-14-18-28(19-15-26)32-10-5-3-8-30(32)22-39/h3-21H,2,24-25H2,1H3. The van der Waals surface area contributed by atoms with E-state index in [9.17, 15) is 15.3 Å². The van der Waals surface area contributed by atoms with Gasteiger partial charge in [-0.1, -0.05) is 91.0 Å². The number of para-hydroxylation sites is 1. The highest BCUT2D eigenvalue weighted by Crippen LogP contribution is 2.29. The molecule has 0 aliphatic carbocycles. The number of hydrogen-bond acceptors (Lipinski definition) is 6. The first-order valence-corrected chi connectivity index (χ1v) is 14.6. The molecule has 7 heteroatoms. The molecule has 0 fully saturated rings. The largest absolute Gasteiger partial charge is 0.465 e. The lowest BCUT2D eigenvalue weighted by Gasteiger charge is -2.13. The van der Waals surface area contributed by atoms with Gasteiger partial charge < -0.3 is 9.47 Å². The van der Waals surface area contributed by atoms with Crippen molar-refractivity contribution in [1.82, 2.24) is 9.55 Å². The van der Waals surface area contributed by atoms with E-state index in [1.807, 2.05) is 102 Å². The number of fused-ring (bicyclic) bond motifs is 1. The van der Waals surface area contributed by atoms with Crippen LogP contribution in [0, 0.1) is 22.7 Å². The summed E-state index contributed by atoms with van der Waals surface area (Å²) in [6, 6.07) is 40.9. The number of imidazole rings is 1. The van der Waals surface area contributed by atoms with Crippen LogP contribution in [0.15, 0.2) is 115 Å². The average molecular weight is 589 g/mol. The predicted octanol–water partition coefficient (Wildman–Crippen LogP) is 7.92. The first-order chi connectivity index (χ1) is 22.1. The van der Waals surface area contributed by atoms with Gasteiger partial charge in [-0.15, -0.1) is 0 Å². The number of carbonyl (C=O) groups is 1. The van der Waals surface area contributed by atoms with Crippen LogP contribution in [0.4, 0.5) is 0 Å². The Bertz CT molecular complexity index is 2080. The second-order valence-electron chi connectivity index (χ2n) is 10.4. The number of esters is 1. The minimum atomic E-state index is -0.466. The van der Waals surface area contributed by atoms with E-state index < -0.39 is 5.97 Å². The molecule has 45 heavy (non-hydrogen) atoms. The van der Waals surface area contributed by atoms with Crippen molar-refractivity contribution < 1.29 is 14.3 Å². The Morgan fingerprint density at radius 3 is 1.89 bits per heavy atom. The van der Waals surface area contributed by atoms with Crippen LogP contribution in [0.2, 0.25) is 0 Å². The maximum Gasteiger partial charge on any atom is 0.340 e. The lowest BCUT2D eigenvalue weighted by atomic mass is 9.99. The second-order valence-corrected chi connectivity index (χ2v) is 10.4. The van der Waals surface area contributed by atoms with E-state index in [0.29, 0.717) is 46.9 Å². The minimum absolute atomic E-state index is 0.0908. The minimum Gasteiger partial charge on any atom is -0.465 e. The van der Waals surface area contributed by atoms with Crippen molar-refractivity contribution in [1.29, 1.82) is 10.5 Å². The van der Waals surface area contributed by atoms with Crippen molar-refractivity contribution in [3.8, 4) is 40.4 Å². The van der Waals surface area contributed by atoms with E-state index in [1.165, 1.54) is 0 Å². The van der Waals surface area contributed by atoms with Crippen LogP contribution in [0.1, 0.15) is 39.5 Å². The summed E-state index contributed by atoms with van der Waals surface area (Å²) >= 11 is 0. The summed E-state index contributed by atoms with van der Waals surface area (Å²) in [6.45, 7) is 2.82. The molecule has 0 aliphatic rings. The summed E-state index contributed by atoms with van der Waals surface area (Å²) in [5.74, 6) is -0.466. The Kier molecular flexibility index (Phi) is 8.35. The molecule has 0 N–H and O–H groups in total. The molecule has 0 aliphatic heterocycles. The zero-order valence-electron chi connectivity index (χ0n) is 24.6. The van der Waals surface area contributed by atoms with Crippen LogP contribution in [0.5, 0.6) is 6.01 Å². The summed E-state index contributed by atoms with van der Waals surface area (Å²) in [4.78, 5) is 18.1. The molecule has 1 heterocycles. The maximum absolute atomic E-state index is 13.5. The Labute approximate surface area is 261 Å². The molecule has 0 unspecified atom stereocenters. The molecule has 7 nitrogen and oxygen atoms in total. The normalized spacial score (nSPS) is 10.6. The summed E-state index contributed by atoms with van der Waals surface area (Å²) in [7, 11) is 0. The molecular weight excluding hydrogens is 560 g/mol. The lowest BCUT2D eigenvalue weighted by Crippen LogP contribution is -2.10. The molecule has 0 atom stereocenters. The van der Waals surface area contributed by atoms with E-state index in [4.69, 9.17) is 9.47 Å². The Morgan fingerprint density at radius 1 is 0.733 bits per heavy atom. The molecule has 6 aromatic rings. The number of hydrogen-bond donors (Lipinski definition) is 0. The van der Waals surface area contributed by atoms with Gasteiger partial charge in [0.15, 0.2) is 0 Å². The molecule has 5 aromatic carbocycles. The van der Waals surface area contributed by atoms with Crippen LogP contribution >= 0.6 is 0 Å². The lowest BCUT2D eigenvalue weighted by molar-refractivity contribution is 0.0474. The van der Waals surface area contributed by atoms with Crippen molar-refractivity contribution in [3.05, 3.63) is 143 Å². The third kappa shape index (κ3) is 6.01. The fourth-order valence-electron chi connectivity index (χ4n) is 5.36. The summed E-state index contributed by atoms with van der Waals surface area (Å²) < 4.78 is 13.6. The number of nitrogens with zero attached hydrogens (tertiary/aromatic N) is 4. The zero-order chi connectivity index (χ0) is 31.2. The number of nitriles is 2. The summed E-state index contributed by atoms with van der Waals surface area (Å²) in [5, 5.41) is 18.9. The fourth-order valence-corrected chi connectivity index (χ4v) is 5.36. The van der Waals surface area contributed by atoms with E-state index in [1.54, 1.807) is 24.3 Å². The van der Waals surface area contributed by atoms with E-state index in [2.05, 4.69) is 17.1 Å². The highest BCUT2D eigenvalue weighted by molar-refractivity contribution is 6.02. The van der Waals surface area contributed by atoms with Crippen LogP contribution in [-0.4, -0.2) is 22.1 Å². The van der Waals surface area contributed by atoms with Gasteiger partial charge in [-0.3, -0.25) is 4.57 Å². The van der Waals surface area contributed by atoms with E-state index >= 15 is 0 Å². The smallest absolute Gasteiger partial charge is 0.340 e. The van der Waals surface area contributed by atoms with Gasteiger partial charge in [-0.25, -0.2) is 4.79 Å². The average Bonchev–Trinajstić information content (AvgIpc) is 3.44. The third-order valence-corrected chi connectivity index (χ3v) is 7.56. The second kappa shape index (κ2) is 13.0. The molecule has 6 rings (SSSR count). The molecule has 0 saturated carbocycles. The van der Waals surface area contributed by atoms with Crippen molar-refractivity contribution in [2.24, 2.45) is 0 Å². The quantitative estimate of drug-likeness (QED) is 0.159. The van der Waals surface area contributed by atoms with Gasteiger partial charge in [0, 0.05) is 0 Å². The van der Waals surface area contributed by atoms with Gasteiger partial charge in [0.2, 0.25) is 0 Å². The highest BCUT2D eigenvalue weighted by Gasteiger charge is 2.21. The third-order valence-electron chi connectivity index (χ3n) is 7.56. The Hall–Kier alpha value is -6.18. The topological polar surface area (TPSA) is 101 Å². The molecule has 1 aromatic heterocycles. The molecule has 0 amide bonds. The summed E-state index contributed by atoms with van der Waals surface area (Å²) in [5.41, 5.74) is 8.29. The monoisotopic (exact) mass is 588 g/mol. The van der Waals surface area contributed by atoms with Crippen molar-refractivity contribution in [2.75, 3.05) is 6.61 Å². The number of benzene rings is 5. The van der Waals surface area contributed by atoms with Crippen LogP contribution in [-0.2, 0) is 17.9 Å². The number of ether oxygens (including phenoxy) is 2. The number of aromatic nitrogens is 2. The van der Waals surface area contributed by atoms with Gasteiger partial charge in [0.1, 0.15) is 6.61 Å². The van der Waals surface area contributed by atoms with Crippen LogP contribution in [0.25, 0.3) is 33.3 Å². The molecular formula is C38H28N4O3. The Morgan fingerprint density at radius 2 is 1.31 bits per heavy atom. The van der Waals surface area contributed by atoms with Crippen LogP contribution < -0.4 is 4.74 Å². The predicted molar refractivity (Wildman–Crippen MR) is 172 cm³/mol.